The highest BCUT2D eigenvalue weighted by Crippen LogP contribution is 2.32. The Morgan fingerprint density at radius 1 is 1.26 bits per heavy atom. The first-order valence-corrected chi connectivity index (χ1v) is 7.11. The van der Waals surface area contributed by atoms with Gasteiger partial charge in [0.1, 0.15) is 5.75 Å². The lowest BCUT2D eigenvalue weighted by molar-refractivity contribution is 0.0220. The molecule has 19 heavy (non-hydrogen) atoms. The average Bonchev–Trinajstić information content (AvgIpc) is 2.40. The fourth-order valence-corrected chi connectivity index (χ4v) is 2.49. The maximum Gasteiger partial charge on any atom is 0.118 e. The van der Waals surface area contributed by atoms with E-state index >= 15 is 0 Å². The number of hydrogen-bond donors (Lipinski definition) is 2. The Morgan fingerprint density at radius 2 is 1.89 bits per heavy atom. The molecule has 0 aliphatic heterocycles. The maximum atomic E-state index is 10.7. The van der Waals surface area contributed by atoms with E-state index in [2.05, 4.69) is 6.92 Å². The molecule has 0 heterocycles. The molecule has 0 aliphatic rings. The zero-order chi connectivity index (χ0) is 14.3. The minimum Gasteiger partial charge on any atom is -0.497 e. The van der Waals surface area contributed by atoms with Crippen molar-refractivity contribution in [2.75, 3.05) is 13.7 Å². The quantitative estimate of drug-likeness (QED) is 0.710. The molecule has 0 fully saturated rings. The number of unbranched alkanes of at least 4 members (excludes halogenated alkanes) is 2. The van der Waals surface area contributed by atoms with Crippen molar-refractivity contribution in [3.05, 3.63) is 29.8 Å². The molecule has 3 N–H and O–H groups in total. The van der Waals surface area contributed by atoms with Crippen LogP contribution in [0.3, 0.4) is 0 Å². The molecule has 0 aromatic heterocycles. The second-order valence-corrected chi connectivity index (χ2v) is 5.38. The Kier molecular flexibility index (Phi) is 6.32. The minimum absolute atomic E-state index is 0.0322. The summed E-state index contributed by atoms with van der Waals surface area (Å²) in [5.74, 6) is 0.792. The van der Waals surface area contributed by atoms with Crippen LogP contribution in [0.4, 0.5) is 0 Å². The van der Waals surface area contributed by atoms with Crippen LogP contribution in [0.5, 0.6) is 5.75 Å². The molecule has 1 rings (SSSR count). The van der Waals surface area contributed by atoms with Gasteiger partial charge in [-0.1, -0.05) is 38.3 Å². The third-order valence-electron chi connectivity index (χ3n) is 3.79. The Morgan fingerprint density at radius 3 is 2.37 bits per heavy atom. The van der Waals surface area contributed by atoms with Crippen molar-refractivity contribution < 1.29 is 9.84 Å². The number of ether oxygens (including phenoxy) is 1. The largest absolute Gasteiger partial charge is 0.497 e. The topological polar surface area (TPSA) is 55.5 Å². The number of benzene rings is 1. The standard InChI is InChI=1S/C16H27NO2/c1-4-5-6-11-16(2,18)15(12-17)13-7-9-14(19-3)10-8-13/h7-10,15,18H,4-6,11-12,17H2,1-3H3. The maximum absolute atomic E-state index is 10.7. The Labute approximate surface area is 116 Å². The normalized spacial score (nSPS) is 15.8. The van der Waals surface area contributed by atoms with Gasteiger partial charge in [0.2, 0.25) is 0 Å². The van der Waals surface area contributed by atoms with Crippen LogP contribution < -0.4 is 10.5 Å². The van der Waals surface area contributed by atoms with E-state index in [-0.39, 0.29) is 5.92 Å². The van der Waals surface area contributed by atoms with E-state index in [1.54, 1.807) is 7.11 Å². The zero-order valence-corrected chi connectivity index (χ0v) is 12.4. The lowest BCUT2D eigenvalue weighted by atomic mass is 9.80. The summed E-state index contributed by atoms with van der Waals surface area (Å²) < 4.78 is 5.15. The molecule has 0 saturated carbocycles. The van der Waals surface area contributed by atoms with E-state index in [0.717, 1.165) is 37.0 Å². The van der Waals surface area contributed by atoms with E-state index < -0.39 is 5.60 Å². The van der Waals surface area contributed by atoms with Gasteiger partial charge in [-0.2, -0.15) is 0 Å². The number of methoxy groups -OCH3 is 1. The molecule has 108 valence electrons. The number of rotatable bonds is 8. The molecule has 0 aliphatic carbocycles. The van der Waals surface area contributed by atoms with Gasteiger partial charge < -0.3 is 15.6 Å². The number of aliphatic hydroxyl groups is 1. The first kappa shape index (κ1) is 16.0. The SMILES string of the molecule is CCCCCC(C)(O)C(CN)c1ccc(OC)cc1. The van der Waals surface area contributed by atoms with Gasteiger partial charge in [0.25, 0.3) is 0 Å². The molecule has 2 unspecified atom stereocenters. The average molecular weight is 265 g/mol. The van der Waals surface area contributed by atoms with Gasteiger partial charge in [0, 0.05) is 12.5 Å². The Balaban J connectivity index is 2.79. The van der Waals surface area contributed by atoms with Crippen molar-refractivity contribution in [2.24, 2.45) is 5.73 Å². The highest BCUT2D eigenvalue weighted by Gasteiger charge is 2.31. The van der Waals surface area contributed by atoms with Crippen LogP contribution in [-0.2, 0) is 0 Å². The van der Waals surface area contributed by atoms with Crippen LogP contribution in [0.2, 0.25) is 0 Å². The summed E-state index contributed by atoms with van der Waals surface area (Å²) >= 11 is 0. The molecule has 0 spiro atoms. The molecule has 0 amide bonds. The summed E-state index contributed by atoms with van der Waals surface area (Å²) in [7, 11) is 1.65. The first-order valence-electron chi connectivity index (χ1n) is 7.11. The summed E-state index contributed by atoms with van der Waals surface area (Å²) in [5, 5.41) is 10.7. The van der Waals surface area contributed by atoms with E-state index in [4.69, 9.17) is 10.5 Å². The van der Waals surface area contributed by atoms with Crippen molar-refractivity contribution >= 4 is 0 Å². The molecular formula is C16H27NO2. The van der Waals surface area contributed by atoms with Crippen molar-refractivity contribution in [1.82, 2.24) is 0 Å². The van der Waals surface area contributed by atoms with Crippen molar-refractivity contribution in [3.63, 3.8) is 0 Å². The third-order valence-corrected chi connectivity index (χ3v) is 3.79. The summed E-state index contributed by atoms with van der Waals surface area (Å²) in [6, 6.07) is 7.82. The Bertz CT molecular complexity index is 360. The lowest BCUT2D eigenvalue weighted by Gasteiger charge is -2.32. The van der Waals surface area contributed by atoms with E-state index in [9.17, 15) is 5.11 Å². The number of hydrogen-bond acceptors (Lipinski definition) is 3. The molecule has 2 atom stereocenters. The highest BCUT2D eigenvalue weighted by atomic mass is 16.5. The van der Waals surface area contributed by atoms with E-state index in [1.165, 1.54) is 0 Å². The van der Waals surface area contributed by atoms with Crippen molar-refractivity contribution in [1.29, 1.82) is 0 Å². The van der Waals surface area contributed by atoms with Crippen molar-refractivity contribution in [3.8, 4) is 5.75 Å². The highest BCUT2D eigenvalue weighted by molar-refractivity contribution is 5.31. The van der Waals surface area contributed by atoms with Crippen LogP contribution in [0.15, 0.2) is 24.3 Å². The second kappa shape index (κ2) is 7.51. The van der Waals surface area contributed by atoms with Gasteiger partial charge in [-0.15, -0.1) is 0 Å². The Hall–Kier alpha value is -1.06. The lowest BCUT2D eigenvalue weighted by Crippen LogP contribution is -2.37. The molecular weight excluding hydrogens is 238 g/mol. The molecule has 1 aromatic carbocycles. The van der Waals surface area contributed by atoms with Gasteiger partial charge in [-0.3, -0.25) is 0 Å². The van der Waals surface area contributed by atoms with E-state index in [0.29, 0.717) is 6.54 Å². The molecule has 3 nitrogen and oxygen atoms in total. The van der Waals surface area contributed by atoms with Crippen LogP contribution in [0.1, 0.15) is 51.0 Å². The fraction of sp³-hybridized carbons (Fsp3) is 0.625. The predicted molar refractivity (Wildman–Crippen MR) is 79.6 cm³/mol. The molecule has 3 heteroatoms. The molecule has 0 bridgehead atoms. The molecule has 0 saturated heterocycles. The summed E-state index contributed by atoms with van der Waals surface area (Å²) in [6.45, 7) is 4.51. The van der Waals surface area contributed by atoms with Gasteiger partial charge in [0.15, 0.2) is 0 Å². The van der Waals surface area contributed by atoms with Crippen molar-refractivity contribution in [2.45, 2.75) is 51.0 Å². The van der Waals surface area contributed by atoms with Crippen LogP contribution in [0.25, 0.3) is 0 Å². The van der Waals surface area contributed by atoms with Gasteiger partial charge in [-0.05, 0) is 31.0 Å². The molecule has 0 radical (unpaired) electrons. The van der Waals surface area contributed by atoms with Gasteiger partial charge >= 0.3 is 0 Å². The van der Waals surface area contributed by atoms with Crippen LogP contribution >= 0.6 is 0 Å². The third kappa shape index (κ3) is 4.51. The smallest absolute Gasteiger partial charge is 0.118 e. The summed E-state index contributed by atoms with van der Waals surface area (Å²) in [6.07, 6.45) is 4.13. The zero-order valence-electron chi connectivity index (χ0n) is 12.4. The second-order valence-electron chi connectivity index (χ2n) is 5.38. The van der Waals surface area contributed by atoms with Crippen LogP contribution in [0, 0.1) is 0 Å². The summed E-state index contributed by atoms with van der Waals surface area (Å²) in [4.78, 5) is 0. The predicted octanol–water partition coefficient (Wildman–Crippen LogP) is 3.07. The minimum atomic E-state index is -0.751. The monoisotopic (exact) mass is 265 g/mol. The summed E-state index contributed by atoms with van der Waals surface area (Å²) in [5.41, 5.74) is 6.20. The number of nitrogens with two attached hydrogens (primary N) is 1. The van der Waals surface area contributed by atoms with Gasteiger partial charge in [0.05, 0.1) is 12.7 Å². The first-order chi connectivity index (χ1) is 9.05. The van der Waals surface area contributed by atoms with Gasteiger partial charge in [-0.25, -0.2) is 0 Å². The fourth-order valence-electron chi connectivity index (χ4n) is 2.49. The van der Waals surface area contributed by atoms with Crippen LogP contribution in [-0.4, -0.2) is 24.4 Å². The van der Waals surface area contributed by atoms with E-state index in [1.807, 2.05) is 31.2 Å². The molecule has 1 aromatic rings.